The Hall–Kier alpha value is -1.78. The first kappa shape index (κ1) is 64.2. The molecule has 0 aromatic heterocycles. The number of allylic oxidation sites excluding steroid dienone is 2. The van der Waals surface area contributed by atoms with Crippen LogP contribution < -0.4 is 0 Å². The third kappa shape index (κ3) is 48.7. The second kappa shape index (κ2) is 49.6. The molecule has 11 nitrogen and oxygen atoms in total. The van der Waals surface area contributed by atoms with Crippen LogP contribution in [0.5, 0.6) is 0 Å². The number of rotatable bonds is 52. The Morgan fingerprint density at radius 2 is 0.712 bits per heavy atom. The summed E-state index contributed by atoms with van der Waals surface area (Å²) >= 11 is 0. The molecule has 0 radical (unpaired) electrons. The fourth-order valence-electron chi connectivity index (χ4n) is 7.88. The van der Waals surface area contributed by atoms with Gasteiger partial charge < -0.3 is 24.2 Å². The van der Waals surface area contributed by atoms with Crippen LogP contribution in [0.2, 0.25) is 0 Å². The third-order valence-corrected chi connectivity index (χ3v) is 13.1. The van der Waals surface area contributed by atoms with Gasteiger partial charge in [-0.15, -0.1) is 0 Å². The molecular weight excluding hydrogens is 856 g/mol. The van der Waals surface area contributed by atoms with Gasteiger partial charge in [0.15, 0.2) is 6.10 Å². The predicted molar refractivity (Wildman–Crippen MR) is 270 cm³/mol. The van der Waals surface area contributed by atoms with E-state index in [-0.39, 0.29) is 32.5 Å². The van der Waals surface area contributed by atoms with Crippen LogP contribution in [0.4, 0.5) is 0 Å². The van der Waals surface area contributed by atoms with E-state index in [1.807, 2.05) is 0 Å². The van der Waals surface area contributed by atoms with Crippen molar-refractivity contribution >= 4 is 25.7 Å². The molecule has 0 amide bonds. The minimum atomic E-state index is -4.71. The maximum absolute atomic E-state index is 12.8. The lowest BCUT2D eigenvalue weighted by Crippen LogP contribution is -2.30. The molecule has 0 rings (SSSR count). The smallest absolute Gasteiger partial charge is 0.463 e. The Labute approximate surface area is 405 Å². The van der Waals surface area contributed by atoms with Crippen molar-refractivity contribution in [3.05, 3.63) is 12.2 Å². The lowest BCUT2D eigenvalue weighted by molar-refractivity contribution is -0.161. The van der Waals surface area contributed by atoms with E-state index < -0.39 is 51.2 Å². The quantitative estimate of drug-likeness (QED) is 0.0197. The first-order chi connectivity index (χ1) is 32.1. The minimum Gasteiger partial charge on any atom is -0.463 e. The SMILES string of the molecule is CCCCCC/C=C\CCCCCCCC(=O)OC[C@H](COP(=O)(O)OC[C@@H](O)COC(=O)CCCCCCCCCCCCCCC)OC(=O)CCCCCCCCCCCCCCC. The highest BCUT2D eigenvalue weighted by atomic mass is 31.2. The zero-order valence-electron chi connectivity index (χ0n) is 42.9. The highest BCUT2D eigenvalue weighted by molar-refractivity contribution is 7.47. The second-order valence-electron chi connectivity index (χ2n) is 18.8. The normalized spacial score (nSPS) is 13.5. The molecule has 12 heteroatoms. The molecule has 0 aromatic carbocycles. The average molecular weight is 959 g/mol. The van der Waals surface area contributed by atoms with Crippen LogP contribution in [-0.4, -0.2) is 66.5 Å². The molecule has 1 unspecified atom stereocenters. The summed E-state index contributed by atoms with van der Waals surface area (Å²) in [6.45, 7) is 4.82. The largest absolute Gasteiger partial charge is 0.472 e. The van der Waals surface area contributed by atoms with Crippen molar-refractivity contribution in [1.82, 2.24) is 0 Å². The minimum absolute atomic E-state index is 0.175. The van der Waals surface area contributed by atoms with Crippen molar-refractivity contribution in [1.29, 1.82) is 0 Å². The molecule has 0 spiro atoms. The Kier molecular flexibility index (Phi) is 48.3. The second-order valence-corrected chi connectivity index (χ2v) is 20.3. The summed E-state index contributed by atoms with van der Waals surface area (Å²) in [6.07, 6.45) is 46.0. The van der Waals surface area contributed by atoms with Gasteiger partial charge in [0.2, 0.25) is 0 Å². The molecule has 3 atom stereocenters. The molecule has 0 bridgehead atoms. The summed E-state index contributed by atoms with van der Waals surface area (Å²) in [5.41, 5.74) is 0. The molecule has 66 heavy (non-hydrogen) atoms. The van der Waals surface area contributed by atoms with Gasteiger partial charge in [-0.2, -0.15) is 0 Å². The Balaban J connectivity index is 4.57. The van der Waals surface area contributed by atoms with Gasteiger partial charge in [0.1, 0.15) is 19.3 Å². The van der Waals surface area contributed by atoms with Crippen LogP contribution in [0.1, 0.15) is 278 Å². The van der Waals surface area contributed by atoms with Gasteiger partial charge in [-0.05, 0) is 44.9 Å². The highest BCUT2D eigenvalue weighted by Crippen LogP contribution is 2.43. The van der Waals surface area contributed by atoms with Gasteiger partial charge in [0.25, 0.3) is 0 Å². The Bertz CT molecular complexity index is 1160. The van der Waals surface area contributed by atoms with Crippen LogP contribution >= 0.6 is 7.82 Å². The van der Waals surface area contributed by atoms with Crippen LogP contribution in [0, 0.1) is 0 Å². The van der Waals surface area contributed by atoms with Gasteiger partial charge in [-0.25, -0.2) is 4.57 Å². The highest BCUT2D eigenvalue weighted by Gasteiger charge is 2.27. The first-order valence-electron chi connectivity index (χ1n) is 27.6. The van der Waals surface area contributed by atoms with Crippen LogP contribution in [0.15, 0.2) is 12.2 Å². The Morgan fingerprint density at radius 1 is 0.409 bits per heavy atom. The van der Waals surface area contributed by atoms with Crippen LogP contribution in [-0.2, 0) is 42.2 Å². The molecule has 0 heterocycles. The summed E-state index contributed by atoms with van der Waals surface area (Å²) in [4.78, 5) is 48.0. The molecule has 0 aliphatic rings. The molecule has 0 saturated carbocycles. The van der Waals surface area contributed by atoms with E-state index in [2.05, 4.69) is 32.9 Å². The van der Waals surface area contributed by atoms with Crippen LogP contribution in [0.25, 0.3) is 0 Å². The third-order valence-electron chi connectivity index (χ3n) is 12.1. The number of phosphoric acid groups is 1. The Morgan fingerprint density at radius 3 is 1.11 bits per heavy atom. The zero-order chi connectivity index (χ0) is 48.4. The molecular formula is C54H103O11P. The van der Waals surface area contributed by atoms with Gasteiger partial charge in [0.05, 0.1) is 13.2 Å². The lowest BCUT2D eigenvalue weighted by atomic mass is 10.0. The van der Waals surface area contributed by atoms with Crippen molar-refractivity contribution in [2.45, 2.75) is 290 Å². The molecule has 390 valence electrons. The van der Waals surface area contributed by atoms with Gasteiger partial charge >= 0.3 is 25.7 Å². The van der Waals surface area contributed by atoms with E-state index in [0.29, 0.717) is 19.3 Å². The van der Waals surface area contributed by atoms with Crippen molar-refractivity contribution in [2.75, 3.05) is 26.4 Å². The summed E-state index contributed by atoms with van der Waals surface area (Å²) < 4.78 is 39.0. The summed E-state index contributed by atoms with van der Waals surface area (Å²) in [6, 6.07) is 0. The number of esters is 3. The standard InChI is InChI=1S/C54H103O11P/c1-4-7-10-13-16-19-22-25-28-31-34-37-40-43-52(56)61-46-50(55)47-63-66(59,60)64-49-51(65-54(58)45-42-39-36-33-30-27-24-21-18-15-12-9-6-3)48-62-53(57)44-41-38-35-32-29-26-23-20-17-14-11-8-5-2/h20,23,50-51,55H,4-19,21-22,24-49H2,1-3H3,(H,59,60)/b23-20-/t50-,51+/m0/s1. The number of carbonyl (C=O) groups is 3. The number of hydrogen-bond donors (Lipinski definition) is 2. The average Bonchev–Trinajstić information content (AvgIpc) is 3.30. The van der Waals surface area contributed by atoms with E-state index in [1.54, 1.807) is 0 Å². The fraction of sp³-hybridized carbons (Fsp3) is 0.907. The number of aliphatic hydroxyl groups is 1. The molecule has 0 aliphatic heterocycles. The van der Waals surface area contributed by atoms with Gasteiger partial charge in [-0.3, -0.25) is 23.4 Å². The number of hydrogen-bond acceptors (Lipinski definition) is 10. The van der Waals surface area contributed by atoms with E-state index >= 15 is 0 Å². The van der Waals surface area contributed by atoms with E-state index in [1.165, 1.54) is 141 Å². The van der Waals surface area contributed by atoms with Crippen LogP contribution in [0.3, 0.4) is 0 Å². The number of aliphatic hydroxyl groups excluding tert-OH is 1. The maximum atomic E-state index is 12.8. The monoisotopic (exact) mass is 959 g/mol. The molecule has 2 N–H and O–H groups in total. The van der Waals surface area contributed by atoms with E-state index in [0.717, 1.165) is 77.0 Å². The van der Waals surface area contributed by atoms with Gasteiger partial charge in [0, 0.05) is 19.3 Å². The lowest BCUT2D eigenvalue weighted by Gasteiger charge is -2.20. The van der Waals surface area contributed by atoms with Gasteiger partial charge in [-0.1, -0.05) is 226 Å². The molecule has 0 aromatic rings. The molecule has 0 saturated heterocycles. The van der Waals surface area contributed by atoms with E-state index in [9.17, 15) is 28.9 Å². The van der Waals surface area contributed by atoms with Crippen molar-refractivity contribution in [2.24, 2.45) is 0 Å². The fourth-order valence-corrected chi connectivity index (χ4v) is 8.67. The van der Waals surface area contributed by atoms with Crippen molar-refractivity contribution in [3.63, 3.8) is 0 Å². The predicted octanol–water partition coefficient (Wildman–Crippen LogP) is 15.7. The first-order valence-corrected chi connectivity index (χ1v) is 29.1. The van der Waals surface area contributed by atoms with Crippen molar-refractivity contribution < 1.29 is 52.2 Å². The molecule has 0 fully saturated rings. The summed E-state index contributed by atoms with van der Waals surface area (Å²) in [5.74, 6) is -1.38. The molecule has 0 aliphatic carbocycles. The van der Waals surface area contributed by atoms with E-state index in [4.69, 9.17) is 23.3 Å². The topological polar surface area (TPSA) is 155 Å². The number of ether oxygens (including phenoxy) is 3. The number of unbranched alkanes of at least 4 members (excludes halogenated alkanes) is 33. The number of carbonyl (C=O) groups excluding carboxylic acids is 3. The van der Waals surface area contributed by atoms with Crippen molar-refractivity contribution in [3.8, 4) is 0 Å². The number of phosphoric ester groups is 1. The summed E-state index contributed by atoms with van der Waals surface area (Å²) in [5, 5.41) is 10.3. The maximum Gasteiger partial charge on any atom is 0.472 e. The zero-order valence-corrected chi connectivity index (χ0v) is 43.8. The summed E-state index contributed by atoms with van der Waals surface area (Å²) in [7, 11) is -4.71.